The summed E-state index contributed by atoms with van der Waals surface area (Å²) in [5, 5.41) is 2.73. The Kier molecular flexibility index (Phi) is 4.20. The summed E-state index contributed by atoms with van der Waals surface area (Å²) in [7, 11) is 0. The van der Waals surface area contributed by atoms with Crippen molar-refractivity contribution in [1.29, 1.82) is 0 Å². The van der Waals surface area contributed by atoms with Gasteiger partial charge in [0.15, 0.2) is 0 Å². The lowest BCUT2D eigenvalue weighted by Gasteiger charge is -2.20. The summed E-state index contributed by atoms with van der Waals surface area (Å²) in [6, 6.07) is 3.89. The van der Waals surface area contributed by atoms with Crippen LogP contribution in [-0.2, 0) is 4.74 Å². The van der Waals surface area contributed by atoms with Gasteiger partial charge in [0.05, 0.1) is 5.69 Å². The summed E-state index contributed by atoms with van der Waals surface area (Å²) >= 11 is 3.42. The molecule has 0 fully saturated rings. The van der Waals surface area contributed by atoms with Crippen LogP contribution in [0, 0.1) is 13.8 Å². The van der Waals surface area contributed by atoms with Gasteiger partial charge in [0.25, 0.3) is 0 Å². The van der Waals surface area contributed by atoms with Crippen molar-refractivity contribution in [3.8, 4) is 0 Å². The van der Waals surface area contributed by atoms with E-state index >= 15 is 0 Å². The van der Waals surface area contributed by atoms with E-state index in [9.17, 15) is 4.79 Å². The van der Waals surface area contributed by atoms with Gasteiger partial charge in [-0.2, -0.15) is 0 Å². The van der Waals surface area contributed by atoms with Crippen molar-refractivity contribution in [1.82, 2.24) is 0 Å². The molecule has 1 aromatic rings. The molecule has 1 amide bonds. The van der Waals surface area contributed by atoms with E-state index in [-0.39, 0.29) is 0 Å². The van der Waals surface area contributed by atoms with Gasteiger partial charge < -0.3 is 4.74 Å². The number of benzene rings is 1. The number of carbonyl (C=O) groups excluding carboxylic acids is 1. The maximum atomic E-state index is 11.6. The topological polar surface area (TPSA) is 38.3 Å². The van der Waals surface area contributed by atoms with Crippen LogP contribution in [0.3, 0.4) is 0 Å². The Morgan fingerprint density at radius 1 is 1.24 bits per heavy atom. The third-order valence-electron chi connectivity index (χ3n) is 2.22. The van der Waals surface area contributed by atoms with Crippen LogP contribution in [0.4, 0.5) is 10.5 Å². The molecule has 1 rings (SSSR count). The second-order valence-corrected chi connectivity index (χ2v) is 5.90. The number of anilines is 1. The molecule has 0 aliphatic rings. The molecule has 94 valence electrons. The molecule has 0 bridgehead atoms. The van der Waals surface area contributed by atoms with Crippen molar-refractivity contribution in [3.05, 3.63) is 27.7 Å². The summed E-state index contributed by atoms with van der Waals surface area (Å²) in [4.78, 5) is 11.6. The fourth-order valence-electron chi connectivity index (χ4n) is 1.29. The van der Waals surface area contributed by atoms with Gasteiger partial charge in [-0.1, -0.05) is 0 Å². The average molecular weight is 300 g/mol. The first-order chi connectivity index (χ1) is 7.69. The Morgan fingerprint density at radius 2 is 1.76 bits per heavy atom. The maximum Gasteiger partial charge on any atom is 0.412 e. The molecule has 3 nitrogen and oxygen atoms in total. The van der Waals surface area contributed by atoms with E-state index in [4.69, 9.17) is 4.74 Å². The number of ether oxygens (including phenoxy) is 1. The van der Waals surface area contributed by atoms with E-state index in [1.165, 1.54) is 5.56 Å². The monoisotopic (exact) mass is 299 g/mol. The molecule has 0 aliphatic heterocycles. The molecule has 0 saturated heterocycles. The van der Waals surface area contributed by atoms with Crippen molar-refractivity contribution in [2.45, 2.75) is 40.2 Å². The van der Waals surface area contributed by atoms with Crippen molar-refractivity contribution < 1.29 is 9.53 Å². The highest BCUT2D eigenvalue weighted by Crippen LogP contribution is 2.26. The number of amides is 1. The van der Waals surface area contributed by atoms with Gasteiger partial charge in [0, 0.05) is 4.47 Å². The Hall–Kier alpha value is -1.03. The molecule has 0 radical (unpaired) electrons. The summed E-state index contributed by atoms with van der Waals surface area (Å²) in [5.41, 5.74) is 2.53. The molecule has 1 N–H and O–H groups in total. The molecule has 0 unspecified atom stereocenters. The van der Waals surface area contributed by atoms with Crippen LogP contribution in [0.5, 0.6) is 0 Å². The smallest absolute Gasteiger partial charge is 0.412 e. The van der Waals surface area contributed by atoms with E-state index < -0.39 is 11.7 Å². The standard InChI is InChI=1S/C13H18BrNO2/c1-8-6-10(14)11(7-9(8)2)15-12(16)17-13(3,4)5/h6-7H,1-5H3,(H,15,16). The van der Waals surface area contributed by atoms with Gasteiger partial charge in [-0.3, -0.25) is 5.32 Å². The predicted molar refractivity (Wildman–Crippen MR) is 73.5 cm³/mol. The number of halogens is 1. The molecule has 0 spiro atoms. The van der Waals surface area contributed by atoms with Crippen LogP contribution >= 0.6 is 15.9 Å². The van der Waals surface area contributed by atoms with Crippen LogP contribution < -0.4 is 5.32 Å². The lowest BCUT2D eigenvalue weighted by molar-refractivity contribution is 0.0636. The van der Waals surface area contributed by atoms with Gasteiger partial charge in [-0.25, -0.2) is 4.79 Å². The fourth-order valence-corrected chi connectivity index (χ4v) is 1.85. The first kappa shape index (κ1) is 14.0. The van der Waals surface area contributed by atoms with Gasteiger partial charge >= 0.3 is 6.09 Å². The highest BCUT2D eigenvalue weighted by Gasteiger charge is 2.17. The lowest BCUT2D eigenvalue weighted by atomic mass is 10.1. The van der Waals surface area contributed by atoms with Crippen LogP contribution in [0.15, 0.2) is 16.6 Å². The second kappa shape index (κ2) is 5.08. The van der Waals surface area contributed by atoms with Crippen molar-refractivity contribution in [3.63, 3.8) is 0 Å². The minimum atomic E-state index is -0.490. The van der Waals surface area contributed by atoms with Crippen molar-refractivity contribution in [2.75, 3.05) is 5.32 Å². The second-order valence-electron chi connectivity index (χ2n) is 5.04. The molecule has 0 aromatic heterocycles. The maximum absolute atomic E-state index is 11.6. The van der Waals surface area contributed by atoms with E-state index in [1.807, 2.05) is 46.8 Å². The largest absolute Gasteiger partial charge is 0.444 e. The van der Waals surface area contributed by atoms with Crippen molar-refractivity contribution in [2.24, 2.45) is 0 Å². The zero-order chi connectivity index (χ0) is 13.2. The Bertz CT molecular complexity index is 436. The quantitative estimate of drug-likeness (QED) is 0.834. The van der Waals surface area contributed by atoms with E-state index in [1.54, 1.807) is 0 Å². The summed E-state index contributed by atoms with van der Waals surface area (Å²) in [6.45, 7) is 9.53. The third kappa shape index (κ3) is 4.38. The van der Waals surface area contributed by atoms with Gasteiger partial charge in [0.1, 0.15) is 5.60 Å². The van der Waals surface area contributed by atoms with Gasteiger partial charge in [0.2, 0.25) is 0 Å². The molecule has 1 aromatic carbocycles. The lowest BCUT2D eigenvalue weighted by Crippen LogP contribution is -2.27. The Balaban J connectivity index is 2.82. The fraction of sp³-hybridized carbons (Fsp3) is 0.462. The summed E-state index contributed by atoms with van der Waals surface area (Å²) in [5.74, 6) is 0. The average Bonchev–Trinajstić information content (AvgIpc) is 2.11. The molecule has 17 heavy (non-hydrogen) atoms. The van der Waals surface area contributed by atoms with Crippen LogP contribution in [0.1, 0.15) is 31.9 Å². The molecular formula is C13H18BrNO2. The highest BCUT2D eigenvalue weighted by atomic mass is 79.9. The summed E-state index contributed by atoms with van der Waals surface area (Å²) in [6.07, 6.45) is -0.443. The number of hydrogen-bond acceptors (Lipinski definition) is 2. The first-order valence-corrected chi connectivity index (χ1v) is 6.25. The Labute approximate surface area is 111 Å². The van der Waals surface area contributed by atoms with Crippen LogP contribution in [-0.4, -0.2) is 11.7 Å². The van der Waals surface area contributed by atoms with Gasteiger partial charge in [-0.15, -0.1) is 0 Å². The zero-order valence-electron chi connectivity index (χ0n) is 10.8. The van der Waals surface area contributed by atoms with E-state index in [0.717, 1.165) is 15.7 Å². The van der Waals surface area contributed by atoms with Crippen molar-refractivity contribution >= 4 is 27.7 Å². The molecule has 0 aliphatic carbocycles. The number of aryl methyl sites for hydroxylation is 2. The molecule has 0 saturated carbocycles. The molecular weight excluding hydrogens is 282 g/mol. The van der Waals surface area contributed by atoms with Crippen LogP contribution in [0.2, 0.25) is 0 Å². The summed E-state index contributed by atoms with van der Waals surface area (Å²) < 4.78 is 6.05. The number of rotatable bonds is 1. The number of carbonyl (C=O) groups is 1. The highest BCUT2D eigenvalue weighted by molar-refractivity contribution is 9.10. The molecule has 4 heteroatoms. The van der Waals surface area contributed by atoms with Crippen LogP contribution in [0.25, 0.3) is 0 Å². The normalized spacial score (nSPS) is 11.2. The minimum Gasteiger partial charge on any atom is -0.444 e. The van der Waals surface area contributed by atoms with E-state index in [0.29, 0.717) is 0 Å². The third-order valence-corrected chi connectivity index (χ3v) is 2.88. The SMILES string of the molecule is Cc1cc(Br)c(NC(=O)OC(C)(C)C)cc1C. The predicted octanol–water partition coefficient (Wildman–Crippen LogP) is 4.41. The van der Waals surface area contributed by atoms with E-state index in [2.05, 4.69) is 21.2 Å². The number of nitrogens with one attached hydrogen (secondary N) is 1. The first-order valence-electron chi connectivity index (χ1n) is 5.46. The zero-order valence-corrected chi connectivity index (χ0v) is 12.4. The molecule has 0 heterocycles. The van der Waals surface area contributed by atoms with Gasteiger partial charge in [-0.05, 0) is 73.8 Å². The molecule has 0 atom stereocenters. The number of hydrogen-bond donors (Lipinski definition) is 1. The Morgan fingerprint density at radius 3 is 2.29 bits per heavy atom. The minimum absolute atomic E-state index is 0.443.